The summed E-state index contributed by atoms with van der Waals surface area (Å²) in [6.07, 6.45) is 1.02. The molecule has 2 N–H and O–H groups in total. The van der Waals surface area contributed by atoms with Crippen molar-refractivity contribution >= 4 is 21.8 Å². The van der Waals surface area contributed by atoms with E-state index in [1.54, 1.807) is 0 Å². The van der Waals surface area contributed by atoms with Gasteiger partial charge in [0.1, 0.15) is 6.10 Å². The minimum absolute atomic E-state index is 0.156. The Bertz CT molecular complexity index is 379. The normalized spacial score (nSPS) is 19.9. The van der Waals surface area contributed by atoms with Gasteiger partial charge in [-0.3, -0.25) is 0 Å². The van der Waals surface area contributed by atoms with Crippen LogP contribution in [-0.2, 0) is 4.74 Å². The zero-order valence-corrected chi connectivity index (χ0v) is 9.90. The molecule has 2 rings (SSSR count). The SMILES string of the molecule is NCCC1CN=C(c2cccc(Br)c2)O1. The number of ether oxygens (including phenoxy) is 1. The minimum Gasteiger partial charge on any atom is -0.472 e. The van der Waals surface area contributed by atoms with Gasteiger partial charge in [0.05, 0.1) is 6.54 Å². The molecular weight excluding hydrogens is 256 g/mol. The Labute approximate surface area is 97.5 Å². The lowest BCUT2D eigenvalue weighted by Gasteiger charge is -2.09. The van der Waals surface area contributed by atoms with Crippen LogP contribution < -0.4 is 5.73 Å². The minimum atomic E-state index is 0.156. The highest BCUT2D eigenvalue weighted by Gasteiger charge is 2.19. The third-order valence-corrected chi connectivity index (χ3v) is 2.77. The zero-order valence-electron chi connectivity index (χ0n) is 8.32. The van der Waals surface area contributed by atoms with Crippen molar-refractivity contribution in [3.63, 3.8) is 0 Å². The second-order valence-corrected chi connectivity index (χ2v) is 4.39. The lowest BCUT2D eigenvalue weighted by molar-refractivity contribution is 0.216. The van der Waals surface area contributed by atoms with Crippen LogP contribution in [0, 0.1) is 0 Å². The Kier molecular flexibility index (Phi) is 3.38. The van der Waals surface area contributed by atoms with Crippen LogP contribution in [0.3, 0.4) is 0 Å². The van der Waals surface area contributed by atoms with Crippen molar-refractivity contribution in [3.05, 3.63) is 34.3 Å². The number of hydrogen-bond donors (Lipinski definition) is 1. The van der Waals surface area contributed by atoms with Gasteiger partial charge in [0.2, 0.25) is 5.90 Å². The topological polar surface area (TPSA) is 47.6 Å². The highest BCUT2D eigenvalue weighted by molar-refractivity contribution is 9.10. The predicted octanol–water partition coefficient (Wildman–Crippen LogP) is 1.94. The first-order valence-electron chi connectivity index (χ1n) is 4.96. The number of hydrogen-bond acceptors (Lipinski definition) is 3. The van der Waals surface area contributed by atoms with Gasteiger partial charge in [0.15, 0.2) is 0 Å². The quantitative estimate of drug-likeness (QED) is 0.911. The molecule has 0 saturated carbocycles. The van der Waals surface area contributed by atoms with Crippen molar-refractivity contribution in [1.82, 2.24) is 0 Å². The summed E-state index contributed by atoms with van der Waals surface area (Å²) in [5.41, 5.74) is 6.50. The molecule has 0 bridgehead atoms. The summed E-state index contributed by atoms with van der Waals surface area (Å²) in [5, 5.41) is 0. The van der Waals surface area contributed by atoms with Crippen molar-refractivity contribution in [2.45, 2.75) is 12.5 Å². The fourth-order valence-electron chi connectivity index (χ4n) is 1.53. The molecule has 1 aromatic carbocycles. The first kappa shape index (κ1) is 10.6. The summed E-state index contributed by atoms with van der Waals surface area (Å²) in [5.74, 6) is 0.731. The molecule has 0 saturated heterocycles. The van der Waals surface area contributed by atoms with E-state index >= 15 is 0 Å². The summed E-state index contributed by atoms with van der Waals surface area (Å²) in [6.45, 7) is 1.37. The number of benzene rings is 1. The van der Waals surface area contributed by atoms with Crippen LogP contribution in [0.1, 0.15) is 12.0 Å². The molecule has 0 fully saturated rings. The van der Waals surface area contributed by atoms with E-state index in [9.17, 15) is 0 Å². The largest absolute Gasteiger partial charge is 0.472 e. The lowest BCUT2D eigenvalue weighted by atomic mass is 10.2. The second kappa shape index (κ2) is 4.77. The second-order valence-electron chi connectivity index (χ2n) is 3.47. The highest BCUT2D eigenvalue weighted by Crippen LogP contribution is 2.17. The van der Waals surface area contributed by atoms with Crippen molar-refractivity contribution in [1.29, 1.82) is 0 Å². The number of nitrogens with two attached hydrogens (primary N) is 1. The lowest BCUT2D eigenvalue weighted by Crippen LogP contribution is -2.18. The van der Waals surface area contributed by atoms with Crippen LogP contribution in [0.5, 0.6) is 0 Å². The maximum atomic E-state index is 5.69. The van der Waals surface area contributed by atoms with Gasteiger partial charge < -0.3 is 10.5 Å². The Morgan fingerprint density at radius 1 is 1.53 bits per heavy atom. The number of rotatable bonds is 3. The maximum absolute atomic E-state index is 5.69. The molecule has 1 aromatic rings. The first-order valence-corrected chi connectivity index (χ1v) is 5.76. The van der Waals surface area contributed by atoms with E-state index in [0.717, 1.165) is 28.9 Å². The van der Waals surface area contributed by atoms with Gasteiger partial charge in [-0.1, -0.05) is 22.0 Å². The van der Waals surface area contributed by atoms with Crippen molar-refractivity contribution < 1.29 is 4.74 Å². The molecule has 1 unspecified atom stereocenters. The van der Waals surface area contributed by atoms with Crippen LogP contribution in [-0.4, -0.2) is 25.1 Å². The van der Waals surface area contributed by atoms with Gasteiger partial charge in [-0.15, -0.1) is 0 Å². The molecule has 1 atom stereocenters. The molecule has 0 aromatic heterocycles. The van der Waals surface area contributed by atoms with Gasteiger partial charge in [-0.05, 0) is 31.2 Å². The molecule has 0 spiro atoms. The van der Waals surface area contributed by atoms with E-state index in [1.807, 2.05) is 24.3 Å². The molecule has 1 aliphatic rings. The summed E-state index contributed by atoms with van der Waals surface area (Å²) in [6, 6.07) is 7.95. The molecule has 0 radical (unpaired) electrons. The van der Waals surface area contributed by atoms with Gasteiger partial charge in [0, 0.05) is 10.0 Å². The third kappa shape index (κ3) is 2.58. The summed E-state index contributed by atoms with van der Waals surface area (Å²) < 4.78 is 6.73. The van der Waals surface area contributed by atoms with Gasteiger partial charge in [0.25, 0.3) is 0 Å². The van der Waals surface area contributed by atoms with Gasteiger partial charge in [-0.25, -0.2) is 4.99 Å². The van der Waals surface area contributed by atoms with Crippen LogP contribution >= 0.6 is 15.9 Å². The van der Waals surface area contributed by atoms with Crippen LogP contribution in [0.25, 0.3) is 0 Å². The zero-order chi connectivity index (χ0) is 10.7. The van der Waals surface area contributed by atoms with Crippen LogP contribution in [0.4, 0.5) is 0 Å². The number of nitrogens with zero attached hydrogens (tertiary/aromatic N) is 1. The Morgan fingerprint density at radius 2 is 2.40 bits per heavy atom. The molecule has 80 valence electrons. The van der Waals surface area contributed by atoms with Crippen molar-refractivity contribution in [2.75, 3.05) is 13.1 Å². The van der Waals surface area contributed by atoms with E-state index in [-0.39, 0.29) is 6.10 Å². The standard InChI is InChI=1S/C11H13BrN2O/c12-9-3-1-2-8(6-9)11-14-7-10(15-11)4-5-13/h1-3,6,10H,4-5,7,13H2. The number of aliphatic imine (C=N–C) groups is 1. The fourth-order valence-corrected chi connectivity index (χ4v) is 1.93. The van der Waals surface area contributed by atoms with E-state index in [2.05, 4.69) is 20.9 Å². The molecule has 1 heterocycles. The molecule has 3 nitrogen and oxygen atoms in total. The van der Waals surface area contributed by atoms with Crippen molar-refractivity contribution in [2.24, 2.45) is 10.7 Å². The summed E-state index contributed by atoms with van der Waals surface area (Å²) >= 11 is 3.42. The molecule has 15 heavy (non-hydrogen) atoms. The van der Waals surface area contributed by atoms with Crippen LogP contribution in [0.15, 0.2) is 33.7 Å². The van der Waals surface area contributed by atoms with Crippen molar-refractivity contribution in [3.8, 4) is 0 Å². The maximum Gasteiger partial charge on any atom is 0.216 e. The summed E-state index contributed by atoms with van der Waals surface area (Å²) in [7, 11) is 0. The van der Waals surface area contributed by atoms with Crippen LogP contribution in [0.2, 0.25) is 0 Å². The monoisotopic (exact) mass is 268 g/mol. The van der Waals surface area contributed by atoms with Gasteiger partial charge in [-0.2, -0.15) is 0 Å². The van der Waals surface area contributed by atoms with E-state index in [4.69, 9.17) is 10.5 Å². The van der Waals surface area contributed by atoms with E-state index in [0.29, 0.717) is 6.54 Å². The molecule has 1 aliphatic heterocycles. The number of halogens is 1. The average molecular weight is 269 g/mol. The predicted molar refractivity (Wildman–Crippen MR) is 64.1 cm³/mol. The van der Waals surface area contributed by atoms with Gasteiger partial charge >= 0.3 is 0 Å². The first-order chi connectivity index (χ1) is 7.29. The molecular formula is C11H13BrN2O. The smallest absolute Gasteiger partial charge is 0.216 e. The Morgan fingerprint density at radius 3 is 3.13 bits per heavy atom. The Hall–Kier alpha value is -0.870. The summed E-state index contributed by atoms with van der Waals surface area (Å²) in [4.78, 5) is 4.37. The van der Waals surface area contributed by atoms with E-state index in [1.165, 1.54) is 0 Å². The van der Waals surface area contributed by atoms with E-state index < -0.39 is 0 Å². The highest BCUT2D eigenvalue weighted by atomic mass is 79.9. The Balaban J connectivity index is 2.07. The molecule has 4 heteroatoms. The average Bonchev–Trinajstić information content (AvgIpc) is 2.67. The molecule has 0 aliphatic carbocycles. The third-order valence-electron chi connectivity index (χ3n) is 2.28. The molecule has 0 amide bonds. The fraction of sp³-hybridized carbons (Fsp3) is 0.364.